The molecule has 1 fully saturated rings. The van der Waals surface area contributed by atoms with Gasteiger partial charge in [0, 0.05) is 18.7 Å². The molecule has 5 nitrogen and oxygen atoms in total. The molecule has 0 spiro atoms. The lowest BCUT2D eigenvalue weighted by molar-refractivity contribution is 0.128. The Bertz CT molecular complexity index is 403. The lowest BCUT2D eigenvalue weighted by atomic mass is 9.97. The van der Waals surface area contributed by atoms with Crippen molar-refractivity contribution in [2.45, 2.75) is 64.5 Å². The molecule has 112 valence electrons. The highest BCUT2D eigenvalue weighted by Gasteiger charge is 2.12. The highest BCUT2D eigenvalue weighted by molar-refractivity contribution is 5.45. The maximum atomic E-state index is 5.85. The van der Waals surface area contributed by atoms with Gasteiger partial charge in [-0.15, -0.1) is 0 Å². The number of nitrogens with zero attached hydrogens (tertiary/aromatic N) is 2. The predicted octanol–water partition coefficient (Wildman–Crippen LogP) is 3.12. The second-order valence-electron chi connectivity index (χ2n) is 5.42. The summed E-state index contributed by atoms with van der Waals surface area (Å²) in [6.45, 7) is 3.03. The van der Waals surface area contributed by atoms with Gasteiger partial charge in [0.05, 0.1) is 0 Å². The van der Waals surface area contributed by atoms with Gasteiger partial charge in [0.2, 0.25) is 0 Å². The van der Waals surface area contributed by atoms with E-state index < -0.39 is 0 Å². The molecule has 1 aliphatic carbocycles. The minimum atomic E-state index is 0.418. The highest BCUT2D eigenvalue weighted by Crippen LogP contribution is 2.20. The van der Waals surface area contributed by atoms with Crippen LogP contribution in [0.4, 0.5) is 11.6 Å². The quantitative estimate of drug-likeness (QED) is 0.865. The topological polar surface area (TPSA) is 73.1 Å². The van der Waals surface area contributed by atoms with Crippen LogP contribution in [0.5, 0.6) is 0 Å². The second kappa shape index (κ2) is 8.04. The first kappa shape index (κ1) is 15.0. The van der Waals surface area contributed by atoms with Crippen LogP contribution in [0.25, 0.3) is 0 Å². The van der Waals surface area contributed by atoms with Crippen molar-refractivity contribution < 1.29 is 4.74 Å². The summed E-state index contributed by atoms with van der Waals surface area (Å²) in [7, 11) is 0. The second-order valence-corrected chi connectivity index (χ2v) is 5.42. The summed E-state index contributed by atoms with van der Waals surface area (Å²) in [4.78, 5) is 8.69. The largest absolute Gasteiger partial charge is 0.384 e. The van der Waals surface area contributed by atoms with Crippen LogP contribution in [0, 0.1) is 0 Å². The Hall–Kier alpha value is -1.36. The Balaban J connectivity index is 1.97. The molecule has 0 unspecified atom stereocenters. The normalized spacial score (nSPS) is 17.4. The van der Waals surface area contributed by atoms with Gasteiger partial charge in [0.15, 0.2) is 5.82 Å². The van der Waals surface area contributed by atoms with Crippen LogP contribution in [-0.2, 0) is 11.3 Å². The number of nitrogens with two attached hydrogens (primary N) is 1. The maximum Gasteiger partial charge on any atom is 0.158 e. The summed E-state index contributed by atoms with van der Waals surface area (Å²) in [5.41, 5.74) is 5.85. The van der Waals surface area contributed by atoms with Crippen molar-refractivity contribution in [3.8, 4) is 0 Å². The van der Waals surface area contributed by atoms with Crippen LogP contribution in [0.3, 0.4) is 0 Å². The third-order valence-electron chi connectivity index (χ3n) is 3.68. The number of ether oxygens (including phenoxy) is 1. The monoisotopic (exact) mass is 278 g/mol. The van der Waals surface area contributed by atoms with Gasteiger partial charge >= 0.3 is 0 Å². The van der Waals surface area contributed by atoms with Crippen LogP contribution in [0.15, 0.2) is 6.07 Å². The van der Waals surface area contributed by atoms with E-state index in [-0.39, 0.29) is 0 Å². The maximum absolute atomic E-state index is 5.85. The first-order valence-electron chi connectivity index (χ1n) is 7.75. The van der Waals surface area contributed by atoms with Crippen LogP contribution in [0.2, 0.25) is 0 Å². The third kappa shape index (κ3) is 4.96. The molecule has 20 heavy (non-hydrogen) atoms. The average Bonchev–Trinajstić information content (AvgIpc) is 2.39. The fraction of sp³-hybridized carbons (Fsp3) is 0.733. The molecule has 0 amide bonds. The lowest BCUT2D eigenvalue weighted by Crippen LogP contribution is -2.22. The molecule has 1 aliphatic rings. The molecule has 2 rings (SSSR count). The van der Waals surface area contributed by atoms with Crippen molar-refractivity contribution in [1.29, 1.82) is 0 Å². The van der Waals surface area contributed by atoms with Crippen molar-refractivity contribution in [2.75, 3.05) is 17.7 Å². The van der Waals surface area contributed by atoms with E-state index in [9.17, 15) is 0 Å². The van der Waals surface area contributed by atoms with E-state index in [4.69, 9.17) is 10.5 Å². The zero-order chi connectivity index (χ0) is 14.2. The average molecular weight is 278 g/mol. The Morgan fingerprint density at radius 1 is 1.20 bits per heavy atom. The summed E-state index contributed by atoms with van der Waals surface area (Å²) in [6, 6.07) is 2.32. The molecule has 0 aliphatic heterocycles. The summed E-state index contributed by atoms with van der Waals surface area (Å²) < 4.78 is 5.35. The van der Waals surface area contributed by atoms with Crippen molar-refractivity contribution in [3.05, 3.63) is 11.9 Å². The number of hydrogen-bond donors (Lipinski definition) is 2. The molecule has 1 aromatic rings. The summed E-state index contributed by atoms with van der Waals surface area (Å²) >= 11 is 0. The van der Waals surface area contributed by atoms with Gasteiger partial charge in [0.1, 0.15) is 18.2 Å². The van der Waals surface area contributed by atoms with Gasteiger partial charge in [-0.05, 0) is 19.8 Å². The van der Waals surface area contributed by atoms with Gasteiger partial charge in [-0.3, -0.25) is 0 Å². The zero-order valence-electron chi connectivity index (χ0n) is 12.4. The van der Waals surface area contributed by atoms with E-state index >= 15 is 0 Å². The van der Waals surface area contributed by atoms with Crippen molar-refractivity contribution in [2.24, 2.45) is 0 Å². The van der Waals surface area contributed by atoms with Crippen LogP contribution in [0.1, 0.15) is 57.7 Å². The van der Waals surface area contributed by atoms with Crippen molar-refractivity contribution in [3.63, 3.8) is 0 Å². The standard InChI is InChI=1S/C15H26N4O/c1-2-20-11-15-18-13(16)10-14(19-15)17-12-8-6-4-3-5-7-9-12/h10,12H,2-9,11H2,1H3,(H3,16,17,18,19). The van der Waals surface area contributed by atoms with Crippen molar-refractivity contribution in [1.82, 2.24) is 9.97 Å². The Kier molecular flexibility index (Phi) is 6.05. The fourth-order valence-corrected chi connectivity index (χ4v) is 2.66. The van der Waals surface area contributed by atoms with Gasteiger partial charge in [-0.1, -0.05) is 32.1 Å². The molecule has 1 aromatic heterocycles. The van der Waals surface area contributed by atoms with Crippen molar-refractivity contribution >= 4 is 11.6 Å². The number of nitrogens with one attached hydrogen (secondary N) is 1. The molecule has 1 saturated carbocycles. The molecule has 1 heterocycles. The van der Waals surface area contributed by atoms with E-state index in [1.807, 2.05) is 13.0 Å². The molecule has 0 bridgehead atoms. The molecule has 0 aromatic carbocycles. The number of aromatic nitrogens is 2. The van der Waals surface area contributed by atoms with Gasteiger partial charge < -0.3 is 15.8 Å². The minimum Gasteiger partial charge on any atom is -0.384 e. The molecular weight excluding hydrogens is 252 g/mol. The first-order valence-corrected chi connectivity index (χ1v) is 7.75. The van der Waals surface area contributed by atoms with E-state index in [0.717, 1.165) is 5.82 Å². The van der Waals surface area contributed by atoms with Crippen LogP contribution >= 0.6 is 0 Å². The molecule has 3 N–H and O–H groups in total. The SMILES string of the molecule is CCOCc1nc(N)cc(NC2CCCCCCC2)n1. The van der Waals surface area contributed by atoms with Gasteiger partial charge in [-0.25, -0.2) is 9.97 Å². The molecule has 0 atom stereocenters. The number of nitrogen functional groups attached to an aromatic ring is 1. The van der Waals surface area contributed by atoms with E-state index in [1.54, 1.807) is 0 Å². The number of anilines is 2. The Morgan fingerprint density at radius 3 is 2.60 bits per heavy atom. The van der Waals surface area contributed by atoms with Gasteiger partial charge in [0.25, 0.3) is 0 Å². The highest BCUT2D eigenvalue weighted by atomic mass is 16.5. The van der Waals surface area contributed by atoms with E-state index in [2.05, 4.69) is 15.3 Å². The fourth-order valence-electron chi connectivity index (χ4n) is 2.66. The minimum absolute atomic E-state index is 0.418. The molecular formula is C15H26N4O. The summed E-state index contributed by atoms with van der Waals surface area (Å²) in [5, 5.41) is 3.52. The zero-order valence-corrected chi connectivity index (χ0v) is 12.4. The van der Waals surface area contributed by atoms with Gasteiger partial charge in [-0.2, -0.15) is 0 Å². The van der Waals surface area contributed by atoms with Crippen LogP contribution in [-0.4, -0.2) is 22.6 Å². The van der Waals surface area contributed by atoms with E-state index in [1.165, 1.54) is 44.9 Å². The first-order chi connectivity index (χ1) is 9.78. The summed E-state index contributed by atoms with van der Waals surface area (Å²) in [6.07, 6.45) is 9.09. The molecule has 0 radical (unpaired) electrons. The smallest absolute Gasteiger partial charge is 0.158 e. The van der Waals surface area contributed by atoms with E-state index in [0.29, 0.717) is 30.9 Å². The number of hydrogen-bond acceptors (Lipinski definition) is 5. The predicted molar refractivity (Wildman–Crippen MR) is 81.5 cm³/mol. The van der Waals surface area contributed by atoms with Crippen LogP contribution < -0.4 is 11.1 Å². The molecule has 0 saturated heterocycles. The number of rotatable bonds is 5. The third-order valence-corrected chi connectivity index (χ3v) is 3.68. The lowest BCUT2D eigenvalue weighted by Gasteiger charge is -2.21. The summed E-state index contributed by atoms with van der Waals surface area (Å²) in [5.74, 6) is 1.99. The Morgan fingerprint density at radius 2 is 1.90 bits per heavy atom. The molecule has 5 heteroatoms. The Labute approximate surface area is 121 Å².